The van der Waals surface area contributed by atoms with Gasteiger partial charge in [-0.05, 0) is 87.2 Å². The zero-order valence-electron chi connectivity index (χ0n) is 8.40. The number of rotatable bonds is 2. The van der Waals surface area contributed by atoms with Crippen LogP contribution in [0.4, 0.5) is 0 Å². The van der Waals surface area contributed by atoms with Crippen LogP contribution in [-0.4, -0.2) is 16.9 Å². The molecule has 0 bridgehead atoms. The van der Waals surface area contributed by atoms with E-state index < -0.39 is 5.97 Å². The molecule has 0 amide bonds. The SMILES string of the molecule is CC(=O)c1c(I)c(I)c(I)c(C)c1C(=O)O. The van der Waals surface area contributed by atoms with Gasteiger partial charge in [-0.2, -0.15) is 0 Å². The highest BCUT2D eigenvalue weighted by molar-refractivity contribution is 14.1. The number of carboxylic acid groups (broad SMARTS) is 1. The third-order valence-corrected chi connectivity index (χ3v) is 7.70. The smallest absolute Gasteiger partial charge is 0.336 e. The summed E-state index contributed by atoms with van der Waals surface area (Å²) in [7, 11) is 0. The number of Topliss-reactive ketones (excluding diaryl/α,β-unsaturated/α-hetero) is 1. The molecule has 0 unspecified atom stereocenters. The molecule has 0 aliphatic heterocycles. The molecule has 0 spiro atoms. The lowest BCUT2D eigenvalue weighted by molar-refractivity contribution is 0.0691. The fourth-order valence-corrected chi connectivity index (χ4v) is 4.02. The first-order chi connectivity index (χ1) is 7.29. The van der Waals surface area contributed by atoms with Crippen molar-refractivity contribution in [3.8, 4) is 0 Å². The molecule has 0 atom stereocenters. The number of carbonyl (C=O) groups is 2. The third-order valence-electron chi connectivity index (χ3n) is 2.13. The van der Waals surface area contributed by atoms with Crippen molar-refractivity contribution in [2.45, 2.75) is 13.8 Å². The van der Waals surface area contributed by atoms with Crippen molar-refractivity contribution in [3.63, 3.8) is 0 Å². The minimum atomic E-state index is -1.05. The number of carbonyl (C=O) groups excluding carboxylic acids is 1. The van der Waals surface area contributed by atoms with Gasteiger partial charge < -0.3 is 5.11 Å². The van der Waals surface area contributed by atoms with Crippen molar-refractivity contribution >= 4 is 79.5 Å². The van der Waals surface area contributed by atoms with Crippen LogP contribution >= 0.6 is 67.8 Å². The van der Waals surface area contributed by atoms with Crippen LogP contribution in [0, 0.1) is 17.6 Å². The lowest BCUT2D eigenvalue weighted by Crippen LogP contribution is -2.14. The Morgan fingerprint density at radius 2 is 1.50 bits per heavy atom. The Balaban J connectivity index is 3.83. The fourth-order valence-electron chi connectivity index (χ4n) is 1.38. The Kier molecular flexibility index (Phi) is 4.99. The van der Waals surface area contributed by atoms with Crippen LogP contribution in [0.2, 0.25) is 0 Å². The van der Waals surface area contributed by atoms with Gasteiger partial charge in [-0.25, -0.2) is 4.79 Å². The molecule has 3 nitrogen and oxygen atoms in total. The average molecular weight is 556 g/mol. The molecule has 0 aliphatic carbocycles. The molecule has 1 rings (SSSR count). The van der Waals surface area contributed by atoms with Gasteiger partial charge in [-0.15, -0.1) is 0 Å². The van der Waals surface area contributed by atoms with Crippen molar-refractivity contribution < 1.29 is 14.7 Å². The monoisotopic (exact) mass is 556 g/mol. The summed E-state index contributed by atoms with van der Waals surface area (Å²) in [6.07, 6.45) is 0. The van der Waals surface area contributed by atoms with E-state index in [-0.39, 0.29) is 11.3 Å². The standard InChI is InChI=1S/C10H7I3O3/c1-3-5(10(15)16)6(4(2)14)8(12)9(13)7(3)11/h1-2H3,(H,15,16). The van der Waals surface area contributed by atoms with Gasteiger partial charge in [-0.3, -0.25) is 4.79 Å². The first kappa shape index (κ1) is 14.6. The first-order valence-electron chi connectivity index (χ1n) is 4.20. The van der Waals surface area contributed by atoms with E-state index >= 15 is 0 Å². The van der Waals surface area contributed by atoms with Crippen LogP contribution in [0.5, 0.6) is 0 Å². The minimum Gasteiger partial charge on any atom is -0.478 e. The summed E-state index contributed by atoms with van der Waals surface area (Å²) in [5, 5.41) is 9.17. The van der Waals surface area contributed by atoms with Crippen LogP contribution in [-0.2, 0) is 0 Å². The summed E-state index contributed by atoms with van der Waals surface area (Å²) in [6, 6.07) is 0. The molecule has 6 heteroatoms. The summed E-state index contributed by atoms with van der Waals surface area (Å²) in [6.45, 7) is 3.13. The summed E-state index contributed by atoms with van der Waals surface area (Å²) >= 11 is 6.26. The van der Waals surface area contributed by atoms with Crippen molar-refractivity contribution in [2.24, 2.45) is 0 Å². The van der Waals surface area contributed by atoms with Gasteiger partial charge in [0.05, 0.1) is 5.56 Å². The molecular weight excluding hydrogens is 549 g/mol. The third kappa shape index (κ3) is 2.52. The van der Waals surface area contributed by atoms with E-state index in [1.54, 1.807) is 6.92 Å². The Hall–Kier alpha value is 0.550. The molecule has 0 aromatic heterocycles. The van der Waals surface area contributed by atoms with Crippen molar-refractivity contribution in [2.75, 3.05) is 0 Å². The molecule has 86 valence electrons. The number of halogens is 3. The molecule has 0 fully saturated rings. The van der Waals surface area contributed by atoms with Crippen LogP contribution in [0.1, 0.15) is 33.2 Å². The van der Waals surface area contributed by atoms with E-state index in [0.717, 1.165) is 10.7 Å². The Morgan fingerprint density at radius 3 is 1.88 bits per heavy atom. The second kappa shape index (κ2) is 5.46. The quantitative estimate of drug-likeness (QED) is 0.344. The van der Waals surface area contributed by atoms with Crippen LogP contribution < -0.4 is 0 Å². The van der Waals surface area contributed by atoms with Crippen LogP contribution in [0.3, 0.4) is 0 Å². The zero-order valence-corrected chi connectivity index (χ0v) is 14.9. The van der Waals surface area contributed by atoms with E-state index in [2.05, 4.69) is 45.2 Å². The Bertz CT molecular complexity index is 450. The molecule has 1 N–H and O–H groups in total. The number of hydrogen-bond acceptors (Lipinski definition) is 2. The maximum absolute atomic E-state index is 11.5. The summed E-state index contributed by atoms with van der Waals surface area (Å²) in [5.74, 6) is -1.26. The van der Waals surface area contributed by atoms with Crippen LogP contribution in [0.15, 0.2) is 0 Å². The van der Waals surface area contributed by atoms with Gasteiger partial charge in [0.1, 0.15) is 0 Å². The topological polar surface area (TPSA) is 54.4 Å². The lowest BCUT2D eigenvalue weighted by Gasteiger charge is -2.13. The van der Waals surface area contributed by atoms with E-state index in [1.165, 1.54) is 6.92 Å². The van der Waals surface area contributed by atoms with E-state index in [9.17, 15) is 14.7 Å². The summed E-state index contributed by atoms with van der Waals surface area (Å²) in [4.78, 5) is 22.7. The highest BCUT2D eigenvalue weighted by Gasteiger charge is 2.24. The molecule has 1 aromatic carbocycles. The van der Waals surface area contributed by atoms with Gasteiger partial charge >= 0.3 is 5.97 Å². The maximum atomic E-state index is 11.5. The fraction of sp³-hybridized carbons (Fsp3) is 0.200. The molecule has 0 aliphatic rings. The van der Waals surface area contributed by atoms with E-state index in [1.807, 2.05) is 22.6 Å². The van der Waals surface area contributed by atoms with Crippen molar-refractivity contribution in [1.29, 1.82) is 0 Å². The molecule has 0 saturated carbocycles. The molecule has 0 radical (unpaired) electrons. The average Bonchev–Trinajstić information content (AvgIpc) is 2.18. The van der Waals surface area contributed by atoms with E-state index in [4.69, 9.17) is 0 Å². The molecular formula is C10H7I3O3. The van der Waals surface area contributed by atoms with Gasteiger partial charge in [0, 0.05) is 16.3 Å². The zero-order chi connectivity index (χ0) is 12.6. The van der Waals surface area contributed by atoms with E-state index in [0.29, 0.717) is 11.1 Å². The van der Waals surface area contributed by atoms with Crippen molar-refractivity contribution in [1.82, 2.24) is 0 Å². The lowest BCUT2D eigenvalue weighted by atomic mass is 9.99. The highest BCUT2D eigenvalue weighted by Crippen LogP contribution is 2.31. The molecule has 1 aromatic rings. The van der Waals surface area contributed by atoms with Gasteiger partial charge in [0.25, 0.3) is 0 Å². The second-order valence-corrected chi connectivity index (χ2v) is 6.41. The highest BCUT2D eigenvalue weighted by atomic mass is 127. The summed E-state index contributed by atoms with van der Waals surface area (Å²) in [5.41, 5.74) is 1.10. The Labute approximate surface area is 134 Å². The first-order valence-corrected chi connectivity index (χ1v) is 7.44. The van der Waals surface area contributed by atoms with Crippen LogP contribution in [0.25, 0.3) is 0 Å². The number of ketones is 1. The molecule has 0 saturated heterocycles. The largest absolute Gasteiger partial charge is 0.478 e. The number of benzene rings is 1. The second-order valence-electron chi connectivity index (χ2n) is 3.18. The number of aromatic carboxylic acids is 1. The Morgan fingerprint density at radius 1 is 1.00 bits per heavy atom. The number of carboxylic acids is 1. The predicted octanol–water partition coefficient (Wildman–Crippen LogP) is 3.71. The number of hydrogen-bond donors (Lipinski definition) is 1. The van der Waals surface area contributed by atoms with Gasteiger partial charge in [0.2, 0.25) is 0 Å². The van der Waals surface area contributed by atoms with Crippen molar-refractivity contribution in [3.05, 3.63) is 27.4 Å². The van der Waals surface area contributed by atoms with Gasteiger partial charge in [0.15, 0.2) is 5.78 Å². The maximum Gasteiger partial charge on any atom is 0.336 e. The summed E-state index contributed by atoms with van der Waals surface area (Å²) < 4.78 is 2.55. The normalized spacial score (nSPS) is 10.3. The predicted molar refractivity (Wildman–Crippen MR) is 86.3 cm³/mol. The molecule has 0 heterocycles. The molecule has 16 heavy (non-hydrogen) atoms. The minimum absolute atomic E-state index is 0.127. The van der Waals surface area contributed by atoms with Gasteiger partial charge in [-0.1, -0.05) is 0 Å².